The maximum absolute atomic E-state index is 13.0. The van der Waals surface area contributed by atoms with Gasteiger partial charge >= 0.3 is 5.97 Å². The van der Waals surface area contributed by atoms with Crippen LogP contribution in [0.25, 0.3) is 0 Å². The van der Waals surface area contributed by atoms with Crippen LogP contribution in [0.2, 0.25) is 0 Å². The SMILES string of the molecule is CCOC(=O)CC(=O)c1ncccc1F. The zero-order valence-corrected chi connectivity index (χ0v) is 8.20. The van der Waals surface area contributed by atoms with Crippen LogP contribution in [0.1, 0.15) is 23.8 Å². The van der Waals surface area contributed by atoms with Gasteiger partial charge in [0.2, 0.25) is 0 Å². The maximum Gasteiger partial charge on any atom is 0.313 e. The van der Waals surface area contributed by atoms with Gasteiger partial charge in [-0.15, -0.1) is 0 Å². The average Bonchev–Trinajstić information content (AvgIpc) is 2.18. The summed E-state index contributed by atoms with van der Waals surface area (Å²) in [4.78, 5) is 25.9. The molecule has 5 heteroatoms. The second kappa shape index (κ2) is 5.19. The number of hydrogen-bond acceptors (Lipinski definition) is 4. The molecule has 0 spiro atoms. The van der Waals surface area contributed by atoms with Crippen molar-refractivity contribution in [3.63, 3.8) is 0 Å². The fourth-order valence-electron chi connectivity index (χ4n) is 1.02. The molecule has 0 aliphatic carbocycles. The average molecular weight is 211 g/mol. The van der Waals surface area contributed by atoms with Crippen molar-refractivity contribution in [1.29, 1.82) is 0 Å². The van der Waals surface area contributed by atoms with Crippen molar-refractivity contribution >= 4 is 11.8 Å². The Labute approximate surface area is 86.1 Å². The Balaban J connectivity index is 2.70. The molecule has 0 aliphatic rings. The number of Topliss-reactive ketones (excluding diaryl/α,β-unsaturated/α-hetero) is 1. The van der Waals surface area contributed by atoms with Crippen molar-refractivity contribution in [2.45, 2.75) is 13.3 Å². The first-order chi connectivity index (χ1) is 7.15. The lowest BCUT2D eigenvalue weighted by molar-refractivity contribution is -0.141. The van der Waals surface area contributed by atoms with Crippen LogP contribution in [0, 0.1) is 5.82 Å². The third-order valence-corrected chi connectivity index (χ3v) is 1.63. The van der Waals surface area contributed by atoms with Crippen LogP contribution in [0.15, 0.2) is 18.3 Å². The highest BCUT2D eigenvalue weighted by Crippen LogP contribution is 2.06. The van der Waals surface area contributed by atoms with Crippen LogP contribution in [0.3, 0.4) is 0 Å². The molecule has 0 fully saturated rings. The number of hydrogen-bond donors (Lipinski definition) is 0. The summed E-state index contributed by atoms with van der Waals surface area (Å²) in [6, 6.07) is 2.49. The number of aromatic nitrogens is 1. The van der Waals surface area contributed by atoms with Crippen LogP contribution in [-0.4, -0.2) is 23.3 Å². The first-order valence-corrected chi connectivity index (χ1v) is 4.44. The molecule has 0 amide bonds. The molecule has 0 saturated carbocycles. The Bertz CT molecular complexity index is 379. The molecule has 1 aromatic rings. The minimum atomic E-state index is -0.730. The van der Waals surface area contributed by atoms with Crippen molar-refractivity contribution in [1.82, 2.24) is 4.98 Å². The van der Waals surface area contributed by atoms with Gasteiger partial charge in [0.1, 0.15) is 12.1 Å². The molecule has 80 valence electrons. The highest BCUT2D eigenvalue weighted by atomic mass is 19.1. The van der Waals surface area contributed by atoms with Gasteiger partial charge in [-0.05, 0) is 19.1 Å². The zero-order valence-electron chi connectivity index (χ0n) is 8.20. The molecule has 0 unspecified atom stereocenters. The van der Waals surface area contributed by atoms with Crippen LogP contribution in [-0.2, 0) is 9.53 Å². The lowest BCUT2D eigenvalue weighted by atomic mass is 10.2. The normalized spacial score (nSPS) is 9.73. The van der Waals surface area contributed by atoms with Crippen molar-refractivity contribution in [2.75, 3.05) is 6.61 Å². The molecule has 0 atom stereocenters. The van der Waals surface area contributed by atoms with Crippen LogP contribution >= 0.6 is 0 Å². The van der Waals surface area contributed by atoms with Gasteiger partial charge in [0.15, 0.2) is 11.6 Å². The van der Waals surface area contributed by atoms with E-state index in [1.807, 2.05) is 0 Å². The highest BCUT2D eigenvalue weighted by Gasteiger charge is 2.17. The third kappa shape index (κ3) is 3.12. The van der Waals surface area contributed by atoms with Crippen molar-refractivity contribution in [3.8, 4) is 0 Å². The van der Waals surface area contributed by atoms with E-state index < -0.39 is 24.0 Å². The molecular weight excluding hydrogens is 201 g/mol. The topological polar surface area (TPSA) is 56.3 Å². The standard InChI is InChI=1S/C10H10FNO3/c1-2-15-9(14)6-8(13)10-7(11)4-3-5-12-10/h3-5H,2,6H2,1H3. The predicted octanol–water partition coefficient (Wildman–Crippen LogP) is 1.36. The lowest BCUT2D eigenvalue weighted by Gasteiger charge is -2.01. The summed E-state index contributed by atoms with van der Waals surface area (Å²) in [7, 11) is 0. The second-order valence-electron chi connectivity index (χ2n) is 2.74. The van der Waals surface area contributed by atoms with Gasteiger partial charge in [0.25, 0.3) is 0 Å². The number of ketones is 1. The number of carbonyl (C=O) groups is 2. The summed E-state index contributed by atoms with van der Waals surface area (Å²) in [6.45, 7) is 1.82. The lowest BCUT2D eigenvalue weighted by Crippen LogP contribution is -2.13. The van der Waals surface area contributed by atoms with Gasteiger partial charge in [0, 0.05) is 6.20 Å². The molecule has 0 saturated heterocycles. The molecule has 1 aromatic heterocycles. The van der Waals surface area contributed by atoms with Gasteiger partial charge < -0.3 is 4.74 Å². The Hall–Kier alpha value is -1.78. The van der Waals surface area contributed by atoms with Crippen molar-refractivity contribution < 1.29 is 18.7 Å². The number of esters is 1. The van der Waals surface area contributed by atoms with Crippen LogP contribution in [0.4, 0.5) is 4.39 Å². The van der Waals surface area contributed by atoms with Gasteiger partial charge in [-0.3, -0.25) is 14.6 Å². The number of ether oxygens (including phenoxy) is 1. The smallest absolute Gasteiger partial charge is 0.313 e. The number of pyridine rings is 1. The van der Waals surface area contributed by atoms with E-state index in [1.165, 1.54) is 12.3 Å². The summed E-state index contributed by atoms with van der Waals surface area (Å²) in [5.74, 6) is -2.08. The van der Waals surface area contributed by atoms with E-state index in [4.69, 9.17) is 0 Å². The Morgan fingerprint density at radius 1 is 1.53 bits per heavy atom. The summed E-state index contributed by atoms with van der Waals surface area (Å²) in [5.41, 5.74) is -0.328. The van der Waals surface area contributed by atoms with E-state index in [9.17, 15) is 14.0 Å². The van der Waals surface area contributed by atoms with E-state index >= 15 is 0 Å². The molecule has 0 aromatic carbocycles. The number of nitrogens with zero attached hydrogens (tertiary/aromatic N) is 1. The first-order valence-electron chi connectivity index (χ1n) is 4.44. The van der Waals surface area contributed by atoms with E-state index in [2.05, 4.69) is 9.72 Å². The van der Waals surface area contributed by atoms with Gasteiger partial charge in [-0.1, -0.05) is 0 Å². The maximum atomic E-state index is 13.0. The molecular formula is C10H10FNO3. The van der Waals surface area contributed by atoms with Crippen molar-refractivity contribution in [3.05, 3.63) is 29.8 Å². The molecule has 15 heavy (non-hydrogen) atoms. The zero-order chi connectivity index (χ0) is 11.3. The van der Waals surface area contributed by atoms with Crippen LogP contribution in [0.5, 0.6) is 0 Å². The largest absolute Gasteiger partial charge is 0.466 e. The van der Waals surface area contributed by atoms with Crippen molar-refractivity contribution in [2.24, 2.45) is 0 Å². The summed E-state index contributed by atoms with van der Waals surface area (Å²) in [6.07, 6.45) is 0.809. The summed E-state index contributed by atoms with van der Waals surface area (Å²) >= 11 is 0. The number of rotatable bonds is 4. The van der Waals surface area contributed by atoms with Gasteiger partial charge in [-0.2, -0.15) is 0 Å². The van der Waals surface area contributed by atoms with E-state index in [0.717, 1.165) is 6.07 Å². The Morgan fingerprint density at radius 2 is 2.27 bits per heavy atom. The molecule has 4 nitrogen and oxygen atoms in total. The molecule has 0 bridgehead atoms. The minimum absolute atomic E-state index is 0.191. The fraction of sp³-hybridized carbons (Fsp3) is 0.300. The minimum Gasteiger partial charge on any atom is -0.466 e. The molecule has 0 radical (unpaired) electrons. The third-order valence-electron chi connectivity index (χ3n) is 1.63. The Morgan fingerprint density at radius 3 is 2.87 bits per heavy atom. The van der Waals surface area contributed by atoms with E-state index in [-0.39, 0.29) is 12.3 Å². The number of halogens is 1. The first kappa shape index (κ1) is 11.3. The molecule has 0 aliphatic heterocycles. The fourth-order valence-corrected chi connectivity index (χ4v) is 1.02. The van der Waals surface area contributed by atoms with E-state index in [1.54, 1.807) is 6.92 Å². The molecule has 1 heterocycles. The second-order valence-corrected chi connectivity index (χ2v) is 2.74. The molecule has 0 N–H and O–H groups in total. The summed E-state index contributed by atoms with van der Waals surface area (Å²) < 4.78 is 17.6. The molecule has 1 rings (SSSR count). The quantitative estimate of drug-likeness (QED) is 0.428. The Kier molecular flexibility index (Phi) is 3.91. The monoisotopic (exact) mass is 211 g/mol. The van der Waals surface area contributed by atoms with E-state index in [0.29, 0.717) is 0 Å². The van der Waals surface area contributed by atoms with Gasteiger partial charge in [0.05, 0.1) is 6.61 Å². The number of carbonyl (C=O) groups excluding carboxylic acids is 2. The highest BCUT2D eigenvalue weighted by molar-refractivity contribution is 6.04. The predicted molar refractivity (Wildman–Crippen MR) is 49.8 cm³/mol. The van der Waals surface area contributed by atoms with Gasteiger partial charge in [-0.25, -0.2) is 4.39 Å². The summed E-state index contributed by atoms with van der Waals surface area (Å²) in [5, 5.41) is 0. The van der Waals surface area contributed by atoms with Crippen LogP contribution < -0.4 is 0 Å².